The molecule has 0 saturated carbocycles. The van der Waals surface area contributed by atoms with Crippen molar-refractivity contribution < 1.29 is 24.2 Å². The number of thiocarbonyl (C=S) groups is 1. The van der Waals surface area contributed by atoms with Crippen LogP contribution < -0.4 is 14.4 Å². The van der Waals surface area contributed by atoms with Gasteiger partial charge in [0, 0.05) is 0 Å². The van der Waals surface area contributed by atoms with Gasteiger partial charge in [-0.2, -0.15) is 0 Å². The van der Waals surface area contributed by atoms with Gasteiger partial charge in [-0.15, -0.1) is 0 Å². The van der Waals surface area contributed by atoms with Gasteiger partial charge in [-0.25, -0.2) is 4.79 Å². The fourth-order valence-corrected chi connectivity index (χ4v) is 4.59. The summed E-state index contributed by atoms with van der Waals surface area (Å²) in [6.07, 6.45) is 2.55. The van der Waals surface area contributed by atoms with Gasteiger partial charge in [-0.05, 0) is 47.7 Å². The van der Waals surface area contributed by atoms with Gasteiger partial charge in [0.05, 0.1) is 24.8 Å². The number of benzene rings is 2. The van der Waals surface area contributed by atoms with Crippen molar-refractivity contribution in [2.24, 2.45) is 0 Å². The Labute approximate surface area is 190 Å². The summed E-state index contributed by atoms with van der Waals surface area (Å²) < 4.78 is 10.8. The van der Waals surface area contributed by atoms with Crippen LogP contribution in [0.4, 0.5) is 5.69 Å². The average Bonchev–Trinajstić information content (AvgIpc) is 3.05. The Hall–Kier alpha value is -2.84. The van der Waals surface area contributed by atoms with E-state index in [0.717, 1.165) is 18.2 Å². The molecule has 2 aromatic rings. The second-order valence-electron chi connectivity index (χ2n) is 6.99. The van der Waals surface area contributed by atoms with Crippen LogP contribution in [0.2, 0.25) is 0 Å². The lowest BCUT2D eigenvalue weighted by atomic mass is 9.98. The molecule has 1 atom stereocenters. The molecule has 1 fully saturated rings. The van der Waals surface area contributed by atoms with Crippen molar-refractivity contribution in [2.75, 3.05) is 19.1 Å². The third-order valence-electron chi connectivity index (χ3n) is 5.20. The number of ether oxygens (including phenoxy) is 2. The summed E-state index contributed by atoms with van der Waals surface area (Å²) in [5, 5.41) is 9.72. The molecule has 31 heavy (non-hydrogen) atoms. The zero-order chi connectivity index (χ0) is 22.7. The predicted octanol–water partition coefficient (Wildman–Crippen LogP) is 5.32. The molecule has 1 aliphatic heterocycles. The van der Waals surface area contributed by atoms with Crippen LogP contribution in [-0.4, -0.2) is 35.5 Å². The molecule has 0 radical (unpaired) electrons. The van der Waals surface area contributed by atoms with E-state index in [1.165, 1.54) is 30.8 Å². The number of hydrogen-bond acceptors (Lipinski definition) is 6. The minimum Gasteiger partial charge on any atom is -0.493 e. The van der Waals surface area contributed by atoms with Crippen LogP contribution in [0.25, 0.3) is 6.08 Å². The molecule has 0 spiro atoms. The van der Waals surface area contributed by atoms with Gasteiger partial charge in [0.2, 0.25) is 0 Å². The Bertz CT molecular complexity index is 1060. The van der Waals surface area contributed by atoms with Crippen molar-refractivity contribution in [1.29, 1.82) is 0 Å². The normalized spacial score (nSPS) is 16.0. The van der Waals surface area contributed by atoms with Crippen molar-refractivity contribution in [1.82, 2.24) is 0 Å². The third-order valence-corrected chi connectivity index (χ3v) is 6.51. The van der Waals surface area contributed by atoms with Crippen molar-refractivity contribution in [3.63, 3.8) is 0 Å². The molecule has 2 aromatic carbocycles. The lowest BCUT2D eigenvalue weighted by Crippen LogP contribution is -2.27. The highest BCUT2D eigenvalue weighted by molar-refractivity contribution is 8.27. The molecule has 1 amide bonds. The molecule has 1 unspecified atom stereocenters. The van der Waals surface area contributed by atoms with Crippen LogP contribution in [0.3, 0.4) is 0 Å². The molecule has 1 heterocycles. The maximum atomic E-state index is 13.1. The highest BCUT2D eigenvalue weighted by atomic mass is 32.2. The monoisotopic (exact) mass is 457 g/mol. The molecule has 3 rings (SSSR count). The minimum absolute atomic E-state index is 0.0787. The fraction of sp³-hybridized carbons (Fsp3) is 0.261. The van der Waals surface area contributed by atoms with E-state index in [9.17, 15) is 14.7 Å². The number of nitrogens with zero attached hydrogens (tertiary/aromatic N) is 1. The molecule has 6 nitrogen and oxygen atoms in total. The standard InChI is InChI=1S/C23H23NO5S2/c1-5-13(2)14-6-9-16(10-7-14)24-21(25)18(31-23(24)30)12-15-8-11-17(28-3)20(29-4)19(15)22(26)27/h6-13H,5H2,1-4H3,(H,26,27)/b18-12+. The number of rotatable bonds is 7. The molecule has 1 N–H and O–H groups in total. The van der Waals surface area contributed by atoms with E-state index in [4.69, 9.17) is 21.7 Å². The zero-order valence-corrected chi connectivity index (χ0v) is 19.3. The minimum atomic E-state index is -1.18. The molecular formula is C23H23NO5S2. The summed E-state index contributed by atoms with van der Waals surface area (Å²) in [5.74, 6) is -0.652. The number of amides is 1. The lowest BCUT2D eigenvalue weighted by molar-refractivity contribution is -0.113. The smallest absolute Gasteiger partial charge is 0.340 e. The molecule has 1 aliphatic rings. The van der Waals surface area contributed by atoms with Crippen LogP contribution in [-0.2, 0) is 4.79 Å². The summed E-state index contributed by atoms with van der Waals surface area (Å²) in [6.45, 7) is 4.28. The quantitative estimate of drug-likeness (QED) is 0.445. The number of thioether (sulfide) groups is 1. The van der Waals surface area contributed by atoms with Gasteiger partial charge < -0.3 is 14.6 Å². The number of aromatic carboxylic acids is 1. The number of carboxylic acids is 1. The molecular weight excluding hydrogens is 434 g/mol. The Morgan fingerprint density at radius 2 is 1.87 bits per heavy atom. The summed E-state index contributed by atoms with van der Waals surface area (Å²) in [6, 6.07) is 11.0. The molecule has 0 aromatic heterocycles. The molecule has 0 bridgehead atoms. The summed E-state index contributed by atoms with van der Waals surface area (Å²) in [7, 11) is 2.80. The number of carbonyl (C=O) groups excluding carboxylic acids is 1. The summed E-state index contributed by atoms with van der Waals surface area (Å²) in [4.78, 5) is 26.8. The first-order valence-electron chi connectivity index (χ1n) is 9.68. The second-order valence-corrected chi connectivity index (χ2v) is 8.66. The van der Waals surface area contributed by atoms with Crippen LogP contribution in [0.1, 0.15) is 47.7 Å². The summed E-state index contributed by atoms with van der Waals surface area (Å²) in [5.41, 5.74) is 2.13. The van der Waals surface area contributed by atoms with Crippen molar-refractivity contribution in [3.8, 4) is 11.5 Å². The number of anilines is 1. The third kappa shape index (κ3) is 4.45. The second kappa shape index (κ2) is 9.53. The zero-order valence-electron chi connectivity index (χ0n) is 17.7. The highest BCUT2D eigenvalue weighted by Crippen LogP contribution is 2.39. The van der Waals surface area contributed by atoms with E-state index in [2.05, 4.69) is 13.8 Å². The first-order valence-corrected chi connectivity index (χ1v) is 10.9. The van der Waals surface area contributed by atoms with E-state index in [-0.39, 0.29) is 17.2 Å². The van der Waals surface area contributed by atoms with Gasteiger partial charge in [-0.1, -0.05) is 56.0 Å². The average molecular weight is 458 g/mol. The molecule has 0 aliphatic carbocycles. The van der Waals surface area contributed by atoms with Crippen molar-refractivity contribution in [3.05, 3.63) is 58.0 Å². The lowest BCUT2D eigenvalue weighted by Gasteiger charge is -2.16. The SMILES string of the molecule is CCC(C)c1ccc(N2C(=O)/C(=C\c3ccc(OC)c(OC)c3C(=O)O)SC2=S)cc1. The number of carboxylic acid groups (broad SMARTS) is 1. The van der Waals surface area contributed by atoms with Crippen LogP contribution in [0.5, 0.6) is 11.5 Å². The molecule has 8 heteroatoms. The number of carbonyl (C=O) groups is 2. The predicted molar refractivity (Wildman–Crippen MR) is 127 cm³/mol. The van der Waals surface area contributed by atoms with Crippen molar-refractivity contribution >= 4 is 51.9 Å². The Balaban J connectivity index is 1.98. The van der Waals surface area contributed by atoms with Gasteiger partial charge >= 0.3 is 5.97 Å². The van der Waals surface area contributed by atoms with Gasteiger partial charge in [0.15, 0.2) is 15.8 Å². The Morgan fingerprint density at radius 3 is 2.42 bits per heavy atom. The van der Waals surface area contributed by atoms with Crippen molar-refractivity contribution in [2.45, 2.75) is 26.2 Å². The van der Waals surface area contributed by atoms with E-state index >= 15 is 0 Å². The highest BCUT2D eigenvalue weighted by Gasteiger charge is 2.34. The van der Waals surface area contributed by atoms with Gasteiger partial charge in [-0.3, -0.25) is 9.69 Å². The van der Waals surface area contributed by atoms with Crippen LogP contribution in [0, 0.1) is 0 Å². The van der Waals surface area contributed by atoms with Crippen LogP contribution >= 0.6 is 24.0 Å². The van der Waals surface area contributed by atoms with Crippen LogP contribution in [0.15, 0.2) is 41.3 Å². The summed E-state index contributed by atoms with van der Waals surface area (Å²) >= 11 is 6.57. The van der Waals surface area contributed by atoms with Gasteiger partial charge in [0.1, 0.15) is 5.56 Å². The largest absolute Gasteiger partial charge is 0.493 e. The van der Waals surface area contributed by atoms with E-state index in [1.54, 1.807) is 12.1 Å². The van der Waals surface area contributed by atoms with E-state index < -0.39 is 5.97 Å². The van der Waals surface area contributed by atoms with Gasteiger partial charge in [0.25, 0.3) is 5.91 Å². The topological polar surface area (TPSA) is 76.1 Å². The Morgan fingerprint density at radius 1 is 1.19 bits per heavy atom. The Kier molecular flexibility index (Phi) is 7.02. The molecule has 162 valence electrons. The first-order chi connectivity index (χ1) is 14.8. The first kappa shape index (κ1) is 22.8. The van der Waals surface area contributed by atoms with E-state index in [0.29, 0.717) is 32.1 Å². The maximum absolute atomic E-state index is 13.1. The molecule has 1 saturated heterocycles. The maximum Gasteiger partial charge on any atom is 0.340 e. The number of methoxy groups -OCH3 is 2. The fourth-order valence-electron chi connectivity index (χ4n) is 3.30. The van der Waals surface area contributed by atoms with E-state index in [1.807, 2.05) is 24.3 Å². The number of hydrogen-bond donors (Lipinski definition) is 1.